The lowest BCUT2D eigenvalue weighted by Crippen LogP contribution is -2.40. The molecule has 21 heavy (non-hydrogen) atoms. The zero-order valence-corrected chi connectivity index (χ0v) is 13.2. The normalized spacial score (nSPS) is 14.1. The fourth-order valence-corrected chi connectivity index (χ4v) is 3.41. The van der Waals surface area contributed by atoms with Crippen LogP contribution in [-0.2, 0) is 24.3 Å². The van der Waals surface area contributed by atoms with Crippen molar-refractivity contribution in [1.29, 1.82) is 0 Å². The van der Waals surface area contributed by atoms with Gasteiger partial charge in [-0.3, -0.25) is 9.59 Å². The topological polar surface area (TPSA) is 55.2 Å². The lowest BCUT2D eigenvalue weighted by Gasteiger charge is -2.27. The second-order valence-corrected chi connectivity index (χ2v) is 6.49. The van der Waals surface area contributed by atoms with Gasteiger partial charge in [0.25, 0.3) is 5.56 Å². The van der Waals surface area contributed by atoms with Gasteiger partial charge < -0.3 is 4.90 Å². The van der Waals surface area contributed by atoms with E-state index in [1.807, 2.05) is 11.4 Å². The third-order valence-corrected chi connectivity index (χ3v) is 5.16. The van der Waals surface area contributed by atoms with Crippen molar-refractivity contribution < 1.29 is 4.79 Å². The number of hydrogen-bond donors (Lipinski definition) is 0. The molecule has 3 rings (SSSR count). The molecule has 0 aliphatic carbocycles. The molecule has 0 saturated heterocycles. The predicted octanol–water partition coefficient (Wildman–Crippen LogP) is 2.20. The van der Waals surface area contributed by atoms with E-state index in [-0.39, 0.29) is 22.5 Å². The van der Waals surface area contributed by atoms with Crippen molar-refractivity contribution in [3.8, 4) is 0 Å². The average molecular weight is 344 g/mol. The zero-order valence-electron chi connectivity index (χ0n) is 10.9. The molecule has 0 atom stereocenters. The number of thiophene rings is 1. The first-order valence-electron chi connectivity index (χ1n) is 6.30. The van der Waals surface area contributed by atoms with Gasteiger partial charge in [0, 0.05) is 18.0 Å². The Bertz CT molecular complexity index is 756. The van der Waals surface area contributed by atoms with Gasteiger partial charge in [-0.25, -0.2) is 4.68 Å². The van der Waals surface area contributed by atoms with Crippen LogP contribution in [0.3, 0.4) is 0 Å². The minimum atomic E-state index is -0.550. The number of carbonyl (C=O) groups excluding carboxylic acids is 1. The van der Waals surface area contributed by atoms with Crippen LogP contribution in [0.5, 0.6) is 0 Å². The molecule has 0 spiro atoms. The molecule has 2 aromatic heterocycles. The van der Waals surface area contributed by atoms with Gasteiger partial charge in [0.1, 0.15) is 11.6 Å². The minimum absolute atomic E-state index is 0.0891. The van der Waals surface area contributed by atoms with Gasteiger partial charge in [-0.1, -0.05) is 23.2 Å². The number of carbonyl (C=O) groups is 1. The molecule has 0 aromatic carbocycles. The van der Waals surface area contributed by atoms with Crippen molar-refractivity contribution >= 4 is 40.4 Å². The van der Waals surface area contributed by atoms with Crippen LogP contribution in [0.25, 0.3) is 0 Å². The van der Waals surface area contributed by atoms with Crippen molar-refractivity contribution in [2.75, 3.05) is 6.54 Å². The van der Waals surface area contributed by atoms with E-state index in [0.29, 0.717) is 13.1 Å². The Hall–Kier alpha value is -1.37. The Labute approximate surface area is 134 Å². The van der Waals surface area contributed by atoms with E-state index in [2.05, 4.69) is 5.10 Å². The fourth-order valence-electron chi connectivity index (χ4n) is 2.25. The van der Waals surface area contributed by atoms with E-state index in [1.54, 1.807) is 16.2 Å². The van der Waals surface area contributed by atoms with Gasteiger partial charge in [0.15, 0.2) is 0 Å². The number of amides is 1. The maximum atomic E-state index is 12.3. The van der Waals surface area contributed by atoms with Crippen molar-refractivity contribution in [1.82, 2.24) is 14.7 Å². The van der Waals surface area contributed by atoms with Gasteiger partial charge >= 0.3 is 0 Å². The summed E-state index contributed by atoms with van der Waals surface area (Å²) in [6.07, 6.45) is 2.12. The third kappa shape index (κ3) is 2.84. The number of halogens is 2. The van der Waals surface area contributed by atoms with Crippen molar-refractivity contribution in [3.63, 3.8) is 0 Å². The number of hydrogen-bond acceptors (Lipinski definition) is 4. The largest absolute Gasteiger partial charge is 0.336 e. The van der Waals surface area contributed by atoms with Crippen LogP contribution in [0, 0.1) is 0 Å². The summed E-state index contributed by atoms with van der Waals surface area (Å²) in [5.41, 5.74) is 0.625. The minimum Gasteiger partial charge on any atom is -0.336 e. The number of nitrogens with zero attached hydrogens (tertiary/aromatic N) is 3. The van der Waals surface area contributed by atoms with E-state index >= 15 is 0 Å². The molecule has 0 saturated carbocycles. The molecule has 0 unspecified atom stereocenters. The standard InChI is InChI=1S/C13H11Cl2N3O2S/c14-9-5-16-18(13(20)12(9)15)7-11(19)17-3-1-10-8(6-17)2-4-21-10/h2,4-5H,1,3,6-7H2. The molecule has 3 heterocycles. The van der Waals surface area contributed by atoms with E-state index in [1.165, 1.54) is 16.6 Å². The lowest BCUT2D eigenvalue weighted by molar-refractivity contribution is -0.133. The van der Waals surface area contributed by atoms with Gasteiger partial charge in [0.2, 0.25) is 5.91 Å². The first-order chi connectivity index (χ1) is 10.1. The van der Waals surface area contributed by atoms with Crippen molar-refractivity contribution in [3.05, 3.63) is 48.5 Å². The van der Waals surface area contributed by atoms with Crippen molar-refractivity contribution in [2.45, 2.75) is 19.5 Å². The molecule has 0 radical (unpaired) electrons. The fraction of sp³-hybridized carbons (Fsp3) is 0.308. The summed E-state index contributed by atoms with van der Waals surface area (Å²) in [6.45, 7) is 1.10. The highest BCUT2D eigenvalue weighted by molar-refractivity contribution is 7.10. The average Bonchev–Trinajstić information content (AvgIpc) is 2.95. The number of rotatable bonds is 2. The highest BCUT2D eigenvalue weighted by atomic mass is 35.5. The molecule has 110 valence electrons. The first kappa shape index (κ1) is 14.6. The highest BCUT2D eigenvalue weighted by Gasteiger charge is 2.22. The molecule has 2 aromatic rings. The Morgan fingerprint density at radius 2 is 2.24 bits per heavy atom. The quantitative estimate of drug-likeness (QED) is 0.839. The molecule has 8 heteroatoms. The van der Waals surface area contributed by atoms with Gasteiger partial charge in [-0.05, 0) is 23.4 Å². The van der Waals surface area contributed by atoms with E-state index in [4.69, 9.17) is 23.2 Å². The zero-order chi connectivity index (χ0) is 15.0. The summed E-state index contributed by atoms with van der Waals surface area (Å²) in [5.74, 6) is -0.153. The van der Waals surface area contributed by atoms with Gasteiger partial charge in [0.05, 0.1) is 11.2 Å². The van der Waals surface area contributed by atoms with Crippen LogP contribution in [0.1, 0.15) is 10.4 Å². The Kier molecular flexibility index (Phi) is 4.01. The predicted molar refractivity (Wildman–Crippen MR) is 82.0 cm³/mol. The second-order valence-electron chi connectivity index (χ2n) is 4.70. The Morgan fingerprint density at radius 3 is 3.05 bits per heavy atom. The molecule has 1 aliphatic heterocycles. The molecule has 0 N–H and O–H groups in total. The van der Waals surface area contributed by atoms with Crippen LogP contribution in [0.15, 0.2) is 22.4 Å². The van der Waals surface area contributed by atoms with Gasteiger partial charge in [-0.2, -0.15) is 5.10 Å². The molecule has 0 bridgehead atoms. The summed E-state index contributed by atoms with van der Waals surface area (Å²) in [4.78, 5) is 27.2. The summed E-state index contributed by atoms with van der Waals surface area (Å²) >= 11 is 13.2. The number of aromatic nitrogens is 2. The van der Waals surface area contributed by atoms with Crippen LogP contribution in [-0.4, -0.2) is 27.1 Å². The summed E-state index contributed by atoms with van der Waals surface area (Å²) < 4.78 is 1.04. The van der Waals surface area contributed by atoms with Crippen molar-refractivity contribution in [2.24, 2.45) is 0 Å². The summed E-state index contributed by atoms with van der Waals surface area (Å²) in [6, 6.07) is 2.03. The molecule has 5 nitrogen and oxygen atoms in total. The Balaban J connectivity index is 1.76. The maximum Gasteiger partial charge on any atom is 0.287 e. The first-order valence-corrected chi connectivity index (χ1v) is 7.94. The highest BCUT2D eigenvalue weighted by Crippen LogP contribution is 2.24. The number of fused-ring (bicyclic) bond motifs is 1. The molecular weight excluding hydrogens is 333 g/mol. The molecule has 1 amide bonds. The third-order valence-electron chi connectivity index (χ3n) is 3.39. The summed E-state index contributed by atoms with van der Waals surface area (Å²) in [5, 5.41) is 5.86. The van der Waals surface area contributed by atoms with Crippen LogP contribution in [0.4, 0.5) is 0 Å². The smallest absolute Gasteiger partial charge is 0.287 e. The SMILES string of the molecule is O=C(Cn1ncc(Cl)c(Cl)c1=O)N1CCc2sccc2C1. The van der Waals surface area contributed by atoms with E-state index < -0.39 is 5.56 Å². The molecular formula is C13H11Cl2N3O2S. The Morgan fingerprint density at radius 1 is 1.43 bits per heavy atom. The van der Waals surface area contributed by atoms with Gasteiger partial charge in [-0.15, -0.1) is 11.3 Å². The van der Waals surface area contributed by atoms with E-state index in [0.717, 1.165) is 11.1 Å². The van der Waals surface area contributed by atoms with Crippen LogP contribution in [0.2, 0.25) is 10.0 Å². The monoisotopic (exact) mass is 343 g/mol. The summed E-state index contributed by atoms with van der Waals surface area (Å²) in [7, 11) is 0. The molecule has 1 aliphatic rings. The van der Waals surface area contributed by atoms with Crippen LogP contribution < -0.4 is 5.56 Å². The van der Waals surface area contributed by atoms with E-state index in [9.17, 15) is 9.59 Å². The van der Waals surface area contributed by atoms with Crippen LogP contribution >= 0.6 is 34.5 Å². The lowest BCUT2D eigenvalue weighted by atomic mass is 10.1. The maximum absolute atomic E-state index is 12.3. The molecule has 0 fully saturated rings. The second kappa shape index (κ2) is 5.79.